The predicted molar refractivity (Wildman–Crippen MR) is 60.1 cm³/mol. The third-order valence-electron chi connectivity index (χ3n) is 3.64. The summed E-state index contributed by atoms with van der Waals surface area (Å²) in [5.41, 5.74) is -0.350. The average molecular weight is 227 g/mol. The Morgan fingerprint density at radius 1 is 1.44 bits per heavy atom. The Kier molecular flexibility index (Phi) is 3.38. The molecule has 0 aromatic carbocycles. The van der Waals surface area contributed by atoms with Gasteiger partial charge in [-0.2, -0.15) is 0 Å². The Bertz CT molecular complexity index is 255. The van der Waals surface area contributed by atoms with Crippen molar-refractivity contribution in [3.8, 4) is 0 Å². The van der Waals surface area contributed by atoms with Gasteiger partial charge in [-0.05, 0) is 44.9 Å². The van der Waals surface area contributed by atoms with Gasteiger partial charge in [0.25, 0.3) is 0 Å². The van der Waals surface area contributed by atoms with E-state index in [-0.39, 0.29) is 11.7 Å². The molecule has 2 aliphatic rings. The molecule has 0 atom stereocenters. The molecule has 0 spiro atoms. The third kappa shape index (κ3) is 2.88. The van der Waals surface area contributed by atoms with E-state index in [1.807, 2.05) is 6.92 Å². The van der Waals surface area contributed by atoms with Crippen molar-refractivity contribution < 1.29 is 14.6 Å². The second kappa shape index (κ2) is 4.62. The highest BCUT2D eigenvalue weighted by molar-refractivity contribution is 5.67. The minimum absolute atomic E-state index is 0.189. The number of rotatable bonds is 3. The smallest absolute Gasteiger partial charge is 0.409 e. The maximum Gasteiger partial charge on any atom is 0.409 e. The molecule has 0 bridgehead atoms. The Balaban J connectivity index is 1.71. The van der Waals surface area contributed by atoms with Crippen LogP contribution in [0.15, 0.2) is 0 Å². The summed E-state index contributed by atoms with van der Waals surface area (Å²) < 4.78 is 4.97. The molecule has 16 heavy (non-hydrogen) atoms. The van der Waals surface area contributed by atoms with Crippen molar-refractivity contribution in [3.63, 3.8) is 0 Å². The number of hydrogen-bond donors (Lipinski definition) is 1. The molecule has 2 rings (SSSR count). The monoisotopic (exact) mass is 227 g/mol. The Morgan fingerprint density at radius 2 is 2.06 bits per heavy atom. The lowest BCUT2D eigenvalue weighted by molar-refractivity contribution is 0.0724. The summed E-state index contributed by atoms with van der Waals surface area (Å²) in [5, 5.41) is 9.84. The Labute approximate surface area is 96.6 Å². The number of hydrogen-bond acceptors (Lipinski definition) is 3. The van der Waals surface area contributed by atoms with Gasteiger partial charge in [0.2, 0.25) is 0 Å². The maximum absolute atomic E-state index is 11.5. The molecule has 0 aromatic rings. The van der Waals surface area contributed by atoms with Gasteiger partial charge in [-0.25, -0.2) is 4.79 Å². The normalized spacial score (nSPS) is 24.2. The number of ether oxygens (including phenoxy) is 1. The predicted octanol–water partition coefficient (Wildman–Crippen LogP) is 1.77. The van der Waals surface area contributed by atoms with Crippen LogP contribution in [0.4, 0.5) is 4.79 Å². The van der Waals surface area contributed by atoms with Gasteiger partial charge in [0.1, 0.15) is 0 Å². The van der Waals surface area contributed by atoms with Crippen molar-refractivity contribution in [2.45, 2.75) is 44.6 Å². The highest BCUT2D eigenvalue weighted by Gasteiger charge is 2.42. The van der Waals surface area contributed by atoms with Gasteiger partial charge in [-0.1, -0.05) is 0 Å². The van der Waals surface area contributed by atoms with Crippen LogP contribution in [0.2, 0.25) is 0 Å². The van der Waals surface area contributed by atoms with Crippen LogP contribution in [0.1, 0.15) is 39.0 Å². The zero-order chi connectivity index (χ0) is 11.6. The van der Waals surface area contributed by atoms with Crippen molar-refractivity contribution in [1.29, 1.82) is 0 Å². The molecule has 1 heterocycles. The van der Waals surface area contributed by atoms with Gasteiger partial charge < -0.3 is 14.7 Å². The van der Waals surface area contributed by atoms with Gasteiger partial charge in [-0.15, -0.1) is 0 Å². The molecule has 1 N–H and O–H groups in total. The second-order valence-corrected chi connectivity index (χ2v) is 5.06. The fourth-order valence-corrected chi connectivity index (χ4v) is 2.42. The van der Waals surface area contributed by atoms with Crippen molar-refractivity contribution in [3.05, 3.63) is 0 Å². The first-order chi connectivity index (χ1) is 7.63. The van der Waals surface area contributed by atoms with E-state index < -0.39 is 0 Å². The Hall–Kier alpha value is -0.770. The number of amides is 1. The number of piperidine rings is 1. The van der Waals surface area contributed by atoms with Crippen LogP contribution >= 0.6 is 0 Å². The highest BCUT2D eigenvalue weighted by Crippen LogP contribution is 2.42. The standard InChI is InChI=1S/C12H21NO3/c1-2-16-11(14)13-7-3-10(4-8-13)9-12(15)5-6-12/h10,15H,2-9H2,1H3. The van der Waals surface area contributed by atoms with Gasteiger partial charge in [-0.3, -0.25) is 0 Å². The molecule has 4 nitrogen and oxygen atoms in total. The van der Waals surface area contributed by atoms with Crippen molar-refractivity contribution in [2.24, 2.45) is 5.92 Å². The number of carbonyl (C=O) groups excluding carboxylic acids is 1. The van der Waals surface area contributed by atoms with E-state index in [0.29, 0.717) is 12.5 Å². The largest absolute Gasteiger partial charge is 0.450 e. The molecule has 1 aliphatic heterocycles. The molecule has 1 aliphatic carbocycles. The summed E-state index contributed by atoms with van der Waals surface area (Å²) in [6.07, 6.45) is 4.66. The highest BCUT2D eigenvalue weighted by atomic mass is 16.6. The zero-order valence-corrected chi connectivity index (χ0v) is 9.95. The summed E-state index contributed by atoms with van der Waals surface area (Å²) in [6.45, 7) is 3.82. The number of nitrogens with zero attached hydrogens (tertiary/aromatic N) is 1. The molecule has 0 radical (unpaired) electrons. The van der Waals surface area contributed by atoms with Crippen molar-refractivity contribution in [1.82, 2.24) is 4.90 Å². The zero-order valence-electron chi connectivity index (χ0n) is 9.95. The maximum atomic E-state index is 11.5. The van der Waals surface area contributed by atoms with E-state index in [9.17, 15) is 9.90 Å². The van der Waals surface area contributed by atoms with E-state index >= 15 is 0 Å². The van der Waals surface area contributed by atoms with Crippen LogP contribution in [-0.2, 0) is 4.74 Å². The first-order valence-electron chi connectivity index (χ1n) is 6.27. The van der Waals surface area contributed by atoms with Gasteiger partial charge in [0.05, 0.1) is 12.2 Å². The summed E-state index contributed by atoms with van der Waals surface area (Å²) in [6, 6.07) is 0. The fraction of sp³-hybridized carbons (Fsp3) is 0.917. The molecular formula is C12H21NO3. The van der Waals surface area contributed by atoms with Crippen molar-refractivity contribution in [2.75, 3.05) is 19.7 Å². The van der Waals surface area contributed by atoms with Gasteiger partial charge in [0.15, 0.2) is 0 Å². The lowest BCUT2D eigenvalue weighted by atomic mass is 9.90. The summed E-state index contributed by atoms with van der Waals surface area (Å²) in [4.78, 5) is 13.2. The van der Waals surface area contributed by atoms with E-state index in [4.69, 9.17) is 4.74 Å². The van der Waals surface area contributed by atoms with Crippen LogP contribution in [0.5, 0.6) is 0 Å². The van der Waals surface area contributed by atoms with E-state index in [0.717, 1.165) is 45.2 Å². The topological polar surface area (TPSA) is 49.8 Å². The van der Waals surface area contributed by atoms with Crippen LogP contribution in [0, 0.1) is 5.92 Å². The van der Waals surface area contributed by atoms with Gasteiger partial charge >= 0.3 is 6.09 Å². The third-order valence-corrected chi connectivity index (χ3v) is 3.64. The first kappa shape index (κ1) is 11.7. The minimum atomic E-state index is -0.350. The van der Waals surface area contributed by atoms with E-state index in [1.54, 1.807) is 4.90 Å². The molecule has 0 aromatic heterocycles. The molecule has 2 fully saturated rings. The summed E-state index contributed by atoms with van der Waals surface area (Å²) in [7, 11) is 0. The van der Waals surface area contributed by atoms with Crippen LogP contribution < -0.4 is 0 Å². The SMILES string of the molecule is CCOC(=O)N1CCC(CC2(O)CC2)CC1. The van der Waals surface area contributed by atoms with Crippen LogP contribution in [0.25, 0.3) is 0 Å². The lowest BCUT2D eigenvalue weighted by Gasteiger charge is -2.32. The molecule has 92 valence electrons. The van der Waals surface area contributed by atoms with Crippen LogP contribution in [0.3, 0.4) is 0 Å². The lowest BCUT2D eigenvalue weighted by Crippen LogP contribution is -2.39. The van der Waals surface area contributed by atoms with Crippen molar-refractivity contribution >= 4 is 6.09 Å². The molecule has 1 saturated carbocycles. The second-order valence-electron chi connectivity index (χ2n) is 5.06. The molecule has 1 amide bonds. The Morgan fingerprint density at radius 3 is 2.56 bits per heavy atom. The number of likely N-dealkylation sites (tertiary alicyclic amines) is 1. The quantitative estimate of drug-likeness (QED) is 0.799. The fourth-order valence-electron chi connectivity index (χ4n) is 2.42. The summed E-state index contributed by atoms with van der Waals surface area (Å²) in [5.74, 6) is 0.582. The molecule has 0 unspecified atom stereocenters. The number of aliphatic hydroxyl groups is 1. The molecule has 4 heteroatoms. The van der Waals surface area contributed by atoms with E-state index in [2.05, 4.69) is 0 Å². The average Bonchev–Trinajstić information content (AvgIpc) is 2.97. The molecular weight excluding hydrogens is 206 g/mol. The molecule has 1 saturated heterocycles. The van der Waals surface area contributed by atoms with Gasteiger partial charge in [0, 0.05) is 13.1 Å². The minimum Gasteiger partial charge on any atom is -0.450 e. The van der Waals surface area contributed by atoms with E-state index in [1.165, 1.54) is 0 Å². The summed E-state index contributed by atoms with van der Waals surface area (Å²) >= 11 is 0. The van der Waals surface area contributed by atoms with Crippen LogP contribution in [-0.4, -0.2) is 41.4 Å². The first-order valence-corrected chi connectivity index (χ1v) is 6.27. The number of carbonyl (C=O) groups is 1.